The molecule has 0 atom stereocenters. The van der Waals surface area contributed by atoms with Gasteiger partial charge in [0.2, 0.25) is 0 Å². The molecule has 0 unspecified atom stereocenters. The Labute approximate surface area is 138 Å². The standard InChI is InChI=1S/C17H18O5S/c1-5-22-17(21)15-9(4)13-14(20)10(11(18)6-8(2)3)7-12(19)16(13)23-15/h7-8H,5-6H2,1-4H3. The number of hydrogen-bond donors (Lipinski definition) is 0. The molecule has 0 radical (unpaired) electrons. The van der Waals surface area contributed by atoms with Gasteiger partial charge in [-0.15, -0.1) is 11.3 Å². The number of rotatable bonds is 5. The summed E-state index contributed by atoms with van der Waals surface area (Å²) >= 11 is 0.949. The first-order chi connectivity index (χ1) is 10.8. The normalized spacial score (nSPS) is 13.9. The monoisotopic (exact) mass is 334 g/mol. The molecular weight excluding hydrogens is 316 g/mol. The van der Waals surface area contributed by atoms with Crippen LogP contribution < -0.4 is 0 Å². The van der Waals surface area contributed by atoms with Crippen molar-refractivity contribution in [2.75, 3.05) is 6.61 Å². The van der Waals surface area contributed by atoms with Crippen LogP contribution in [0.3, 0.4) is 0 Å². The molecule has 0 spiro atoms. The van der Waals surface area contributed by atoms with E-state index < -0.39 is 17.5 Å². The van der Waals surface area contributed by atoms with Gasteiger partial charge in [-0.3, -0.25) is 14.4 Å². The van der Waals surface area contributed by atoms with Gasteiger partial charge in [0.15, 0.2) is 17.3 Å². The number of thiophene rings is 1. The number of esters is 1. The molecule has 0 aliphatic heterocycles. The Hall–Kier alpha value is -2.08. The molecule has 6 heteroatoms. The lowest BCUT2D eigenvalue weighted by atomic mass is 9.88. The van der Waals surface area contributed by atoms with E-state index in [4.69, 9.17) is 4.74 Å². The van der Waals surface area contributed by atoms with Crippen LogP contribution in [-0.4, -0.2) is 29.9 Å². The number of ketones is 3. The van der Waals surface area contributed by atoms with E-state index in [9.17, 15) is 19.2 Å². The summed E-state index contributed by atoms with van der Waals surface area (Å²) in [4.78, 5) is 49.5. The summed E-state index contributed by atoms with van der Waals surface area (Å²) in [5.74, 6) is -1.69. The second kappa shape index (κ2) is 6.58. The van der Waals surface area contributed by atoms with Crippen LogP contribution in [0, 0.1) is 12.8 Å². The summed E-state index contributed by atoms with van der Waals surface area (Å²) < 4.78 is 4.95. The van der Waals surface area contributed by atoms with E-state index in [0.717, 1.165) is 17.4 Å². The molecule has 1 aromatic rings. The van der Waals surface area contributed by atoms with E-state index in [0.29, 0.717) is 5.56 Å². The number of allylic oxidation sites excluding steroid dienone is 2. The smallest absolute Gasteiger partial charge is 0.348 e. The molecule has 122 valence electrons. The molecule has 23 heavy (non-hydrogen) atoms. The number of carbonyl (C=O) groups is 4. The van der Waals surface area contributed by atoms with E-state index in [1.165, 1.54) is 0 Å². The average Bonchev–Trinajstić information content (AvgIpc) is 2.81. The Kier molecular flexibility index (Phi) is 4.94. The number of hydrogen-bond acceptors (Lipinski definition) is 6. The zero-order valence-corrected chi connectivity index (χ0v) is 14.3. The first kappa shape index (κ1) is 17.3. The molecule has 0 bridgehead atoms. The summed E-state index contributed by atoms with van der Waals surface area (Å²) in [6.07, 6.45) is 1.30. The Morgan fingerprint density at radius 1 is 1.26 bits per heavy atom. The fraction of sp³-hybridized carbons (Fsp3) is 0.412. The molecule has 1 heterocycles. The van der Waals surface area contributed by atoms with Crippen LogP contribution in [0.25, 0.3) is 0 Å². The first-order valence-corrected chi connectivity index (χ1v) is 8.24. The van der Waals surface area contributed by atoms with Crippen LogP contribution in [0.4, 0.5) is 0 Å². The van der Waals surface area contributed by atoms with Crippen LogP contribution in [0.5, 0.6) is 0 Å². The zero-order chi connectivity index (χ0) is 17.3. The van der Waals surface area contributed by atoms with Crippen molar-refractivity contribution in [3.63, 3.8) is 0 Å². The molecule has 0 N–H and O–H groups in total. The van der Waals surface area contributed by atoms with Gasteiger partial charge in [-0.05, 0) is 25.3 Å². The molecule has 1 aromatic heterocycles. The molecule has 5 nitrogen and oxygen atoms in total. The van der Waals surface area contributed by atoms with Gasteiger partial charge in [0.25, 0.3) is 0 Å². The van der Waals surface area contributed by atoms with Gasteiger partial charge in [0.1, 0.15) is 4.88 Å². The second-order valence-corrected chi connectivity index (χ2v) is 6.77. The van der Waals surface area contributed by atoms with Crippen LogP contribution in [0.15, 0.2) is 11.6 Å². The molecule has 1 aliphatic carbocycles. The maximum atomic E-state index is 12.6. The predicted octanol–water partition coefficient (Wildman–Crippen LogP) is 3.15. The Morgan fingerprint density at radius 3 is 2.48 bits per heavy atom. The quantitative estimate of drug-likeness (QED) is 0.610. The fourth-order valence-corrected chi connectivity index (χ4v) is 3.55. The highest BCUT2D eigenvalue weighted by Crippen LogP contribution is 2.34. The van der Waals surface area contributed by atoms with Crippen molar-refractivity contribution in [1.82, 2.24) is 0 Å². The van der Waals surface area contributed by atoms with Crippen molar-refractivity contribution in [2.45, 2.75) is 34.1 Å². The van der Waals surface area contributed by atoms with Crippen molar-refractivity contribution < 1.29 is 23.9 Å². The van der Waals surface area contributed by atoms with Gasteiger partial charge in [-0.2, -0.15) is 0 Å². The summed E-state index contributed by atoms with van der Waals surface area (Å²) in [6.45, 7) is 7.23. The lowest BCUT2D eigenvalue weighted by molar-refractivity contribution is -0.115. The van der Waals surface area contributed by atoms with E-state index in [2.05, 4.69) is 0 Å². The number of Topliss-reactive ketones (excluding diaryl/α,β-unsaturated/α-hetero) is 2. The van der Waals surface area contributed by atoms with Gasteiger partial charge < -0.3 is 4.74 Å². The maximum Gasteiger partial charge on any atom is 0.348 e. The molecule has 0 aromatic carbocycles. The minimum atomic E-state index is -0.556. The van der Waals surface area contributed by atoms with Crippen molar-refractivity contribution in [3.8, 4) is 0 Å². The van der Waals surface area contributed by atoms with Crippen LogP contribution in [-0.2, 0) is 9.53 Å². The SMILES string of the molecule is CCOC(=O)c1sc2c(c1C)C(=O)C(C(=O)CC(C)C)=CC2=O. The van der Waals surface area contributed by atoms with E-state index in [-0.39, 0.29) is 45.6 Å². The van der Waals surface area contributed by atoms with Gasteiger partial charge in [-0.1, -0.05) is 13.8 Å². The minimum Gasteiger partial charge on any atom is -0.462 e. The van der Waals surface area contributed by atoms with Gasteiger partial charge >= 0.3 is 5.97 Å². The molecule has 0 fully saturated rings. The highest BCUT2D eigenvalue weighted by molar-refractivity contribution is 7.16. The molecular formula is C17H18O5S. The topological polar surface area (TPSA) is 77.5 Å². The molecule has 0 amide bonds. The lowest BCUT2D eigenvalue weighted by Crippen LogP contribution is -2.22. The zero-order valence-electron chi connectivity index (χ0n) is 13.5. The highest BCUT2D eigenvalue weighted by Gasteiger charge is 2.35. The van der Waals surface area contributed by atoms with Crippen molar-refractivity contribution >= 4 is 34.7 Å². The van der Waals surface area contributed by atoms with Crippen molar-refractivity contribution in [3.05, 3.63) is 32.5 Å². The summed E-state index contributed by atoms with van der Waals surface area (Å²) in [5.41, 5.74) is 0.481. The number of carbonyl (C=O) groups excluding carboxylic acids is 4. The molecule has 1 aliphatic rings. The highest BCUT2D eigenvalue weighted by atomic mass is 32.1. The largest absolute Gasteiger partial charge is 0.462 e. The third kappa shape index (κ3) is 3.17. The van der Waals surface area contributed by atoms with Gasteiger partial charge in [-0.25, -0.2) is 4.79 Å². The van der Waals surface area contributed by atoms with E-state index >= 15 is 0 Å². The average molecular weight is 334 g/mol. The molecule has 2 rings (SSSR count). The van der Waals surface area contributed by atoms with E-state index in [1.54, 1.807) is 13.8 Å². The van der Waals surface area contributed by atoms with Crippen LogP contribution in [0.2, 0.25) is 0 Å². The second-order valence-electron chi connectivity index (χ2n) is 5.75. The molecule has 0 saturated heterocycles. The van der Waals surface area contributed by atoms with Crippen molar-refractivity contribution in [2.24, 2.45) is 5.92 Å². The predicted molar refractivity (Wildman–Crippen MR) is 86.2 cm³/mol. The van der Waals surface area contributed by atoms with Gasteiger partial charge in [0.05, 0.1) is 17.1 Å². The van der Waals surface area contributed by atoms with E-state index in [1.807, 2.05) is 13.8 Å². The third-order valence-electron chi connectivity index (χ3n) is 3.47. The summed E-state index contributed by atoms with van der Waals surface area (Å²) in [7, 11) is 0. The number of fused-ring (bicyclic) bond motifs is 1. The third-order valence-corrected chi connectivity index (χ3v) is 4.76. The van der Waals surface area contributed by atoms with Crippen LogP contribution >= 0.6 is 11.3 Å². The Morgan fingerprint density at radius 2 is 1.91 bits per heavy atom. The van der Waals surface area contributed by atoms with Crippen molar-refractivity contribution in [1.29, 1.82) is 0 Å². The first-order valence-electron chi connectivity index (χ1n) is 7.42. The Bertz CT molecular complexity index is 736. The molecule has 0 saturated carbocycles. The lowest BCUT2D eigenvalue weighted by Gasteiger charge is -2.12. The van der Waals surface area contributed by atoms with Crippen LogP contribution in [0.1, 0.15) is 62.5 Å². The minimum absolute atomic E-state index is 0.0892. The fourth-order valence-electron chi connectivity index (χ4n) is 2.44. The summed E-state index contributed by atoms with van der Waals surface area (Å²) in [5, 5.41) is 0. The summed E-state index contributed by atoms with van der Waals surface area (Å²) in [6, 6.07) is 0. The Balaban J connectivity index is 2.45. The number of ether oxygens (including phenoxy) is 1. The maximum absolute atomic E-state index is 12.6. The van der Waals surface area contributed by atoms with Gasteiger partial charge in [0, 0.05) is 18.1 Å².